The fraction of sp³-hybridized carbons (Fsp3) is 0.333. The highest BCUT2D eigenvalue weighted by atomic mass is 32.2. The molecule has 10 heteroatoms. The quantitative estimate of drug-likeness (QED) is 0.322. The molecular weight excluding hydrogens is 392 g/mol. The van der Waals surface area contributed by atoms with Gasteiger partial charge in [-0.3, -0.25) is 10.1 Å². The van der Waals surface area contributed by atoms with Crippen molar-refractivity contribution in [1.82, 2.24) is 5.32 Å². The fourth-order valence-corrected chi connectivity index (χ4v) is 2.75. The largest absolute Gasteiger partial charge is 0.490 e. The third-order valence-electron chi connectivity index (χ3n) is 3.43. The highest BCUT2D eigenvalue weighted by molar-refractivity contribution is 8.18. The zero-order valence-electron chi connectivity index (χ0n) is 15.5. The SMILES string of the molecule is COC(=O)/C=C1/S/C(=N\N=Cc2cc(F)cc(F)c2OCCC(C)C)NC1=O. The molecule has 2 rings (SSSR count). The van der Waals surface area contributed by atoms with Gasteiger partial charge in [0, 0.05) is 17.7 Å². The van der Waals surface area contributed by atoms with Crippen LogP contribution in [-0.4, -0.2) is 37.0 Å². The van der Waals surface area contributed by atoms with Gasteiger partial charge in [-0.05, 0) is 30.2 Å². The summed E-state index contributed by atoms with van der Waals surface area (Å²) in [6.07, 6.45) is 2.85. The molecule has 1 aromatic rings. The maximum atomic E-state index is 14.0. The van der Waals surface area contributed by atoms with Crippen LogP contribution in [0.1, 0.15) is 25.8 Å². The van der Waals surface area contributed by atoms with Crippen molar-refractivity contribution in [3.05, 3.63) is 40.3 Å². The first-order chi connectivity index (χ1) is 13.3. The van der Waals surface area contributed by atoms with Crippen LogP contribution in [0.3, 0.4) is 0 Å². The Hall–Kier alpha value is -2.75. The molecule has 1 saturated heterocycles. The Labute approximate surface area is 164 Å². The van der Waals surface area contributed by atoms with Crippen LogP contribution in [0.25, 0.3) is 0 Å². The lowest BCUT2D eigenvalue weighted by Gasteiger charge is -2.11. The van der Waals surface area contributed by atoms with Crippen LogP contribution in [0.5, 0.6) is 5.75 Å². The molecule has 0 spiro atoms. The third kappa shape index (κ3) is 6.15. The number of benzene rings is 1. The first-order valence-corrected chi connectivity index (χ1v) is 9.13. The van der Waals surface area contributed by atoms with Crippen molar-refractivity contribution in [2.24, 2.45) is 16.1 Å². The average molecular weight is 411 g/mol. The number of carbonyl (C=O) groups excluding carboxylic acids is 2. The molecule has 0 saturated carbocycles. The van der Waals surface area contributed by atoms with Crippen molar-refractivity contribution >= 4 is 35.0 Å². The van der Waals surface area contributed by atoms with Gasteiger partial charge in [0.25, 0.3) is 5.91 Å². The van der Waals surface area contributed by atoms with Crippen molar-refractivity contribution in [1.29, 1.82) is 0 Å². The lowest BCUT2D eigenvalue weighted by Crippen LogP contribution is -2.19. The van der Waals surface area contributed by atoms with Gasteiger partial charge in [0.05, 0.1) is 24.8 Å². The highest BCUT2D eigenvalue weighted by Crippen LogP contribution is 2.25. The van der Waals surface area contributed by atoms with E-state index in [9.17, 15) is 18.4 Å². The van der Waals surface area contributed by atoms with Gasteiger partial charge in [0.15, 0.2) is 16.7 Å². The van der Waals surface area contributed by atoms with Crippen LogP contribution in [0.4, 0.5) is 8.78 Å². The van der Waals surface area contributed by atoms with E-state index < -0.39 is 23.5 Å². The second kappa shape index (κ2) is 9.98. The molecule has 1 fully saturated rings. The second-order valence-electron chi connectivity index (χ2n) is 6.07. The Kier molecular flexibility index (Phi) is 7.68. The van der Waals surface area contributed by atoms with Crippen LogP contribution in [0.2, 0.25) is 0 Å². The highest BCUT2D eigenvalue weighted by Gasteiger charge is 2.25. The summed E-state index contributed by atoms with van der Waals surface area (Å²) >= 11 is 0.882. The number of nitrogens with zero attached hydrogens (tertiary/aromatic N) is 2. The minimum atomic E-state index is -0.843. The van der Waals surface area contributed by atoms with Crippen molar-refractivity contribution in [2.45, 2.75) is 20.3 Å². The van der Waals surface area contributed by atoms with E-state index >= 15 is 0 Å². The zero-order valence-corrected chi connectivity index (χ0v) is 16.3. The van der Waals surface area contributed by atoms with E-state index in [2.05, 4.69) is 20.3 Å². The number of nitrogens with one attached hydrogen (secondary N) is 1. The van der Waals surface area contributed by atoms with E-state index in [1.165, 1.54) is 7.11 Å². The molecule has 7 nitrogen and oxygen atoms in total. The summed E-state index contributed by atoms with van der Waals surface area (Å²) < 4.78 is 37.5. The van der Waals surface area contributed by atoms with Crippen molar-refractivity contribution in [3.8, 4) is 5.75 Å². The average Bonchev–Trinajstić information content (AvgIpc) is 2.96. The number of ether oxygens (including phenoxy) is 2. The van der Waals surface area contributed by atoms with Gasteiger partial charge < -0.3 is 9.47 Å². The van der Waals surface area contributed by atoms with E-state index in [4.69, 9.17) is 4.74 Å². The van der Waals surface area contributed by atoms with Gasteiger partial charge >= 0.3 is 5.97 Å². The van der Waals surface area contributed by atoms with Crippen LogP contribution < -0.4 is 10.1 Å². The topological polar surface area (TPSA) is 89.3 Å². The van der Waals surface area contributed by atoms with Crippen LogP contribution in [0, 0.1) is 17.6 Å². The summed E-state index contributed by atoms with van der Waals surface area (Å²) in [4.78, 5) is 23.0. The number of methoxy groups -OCH3 is 1. The fourth-order valence-electron chi connectivity index (χ4n) is 2.01. The number of esters is 1. The molecule has 0 aromatic heterocycles. The predicted molar refractivity (Wildman–Crippen MR) is 102 cm³/mol. The smallest absolute Gasteiger partial charge is 0.331 e. The molecule has 0 bridgehead atoms. The minimum Gasteiger partial charge on any atom is -0.490 e. The molecular formula is C18H19F2N3O4S. The predicted octanol–water partition coefficient (Wildman–Crippen LogP) is 3.00. The van der Waals surface area contributed by atoms with E-state index in [0.717, 1.165) is 36.2 Å². The monoisotopic (exact) mass is 411 g/mol. The van der Waals surface area contributed by atoms with Gasteiger partial charge in [-0.1, -0.05) is 13.8 Å². The number of amidine groups is 1. The molecule has 150 valence electrons. The van der Waals surface area contributed by atoms with Crippen molar-refractivity contribution in [2.75, 3.05) is 13.7 Å². The lowest BCUT2D eigenvalue weighted by molar-refractivity contribution is -0.135. The van der Waals surface area contributed by atoms with Gasteiger partial charge in [-0.15, -0.1) is 5.10 Å². The number of thioether (sulfide) groups is 1. The van der Waals surface area contributed by atoms with E-state index in [1.54, 1.807) is 0 Å². The molecule has 0 aliphatic carbocycles. The molecule has 1 aromatic carbocycles. The Morgan fingerprint density at radius 3 is 2.79 bits per heavy atom. The number of rotatable bonds is 7. The third-order valence-corrected chi connectivity index (χ3v) is 4.33. The molecule has 1 aliphatic heterocycles. The first kappa shape index (κ1) is 21.5. The maximum absolute atomic E-state index is 14.0. The maximum Gasteiger partial charge on any atom is 0.331 e. The van der Waals surface area contributed by atoms with E-state index in [-0.39, 0.29) is 28.0 Å². The van der Waals surface area contributed by atoms with Crippen LogP contribution >= 0.6 is 11.8 Å². The van der Waals surface area contributed by atoms with E-state index in [1.807, 2.05) is 13.8 Å². The standard InChI is InChI=1S/C18H19F2N3O4S/c1-10(2)4-5-27-16-11(6-12(19)7-13(16)20)9-21-23-18-22-17(25)14(28-18)8-15(24)26-3/h6-10H,4-5H2,1-3H3,(H,22,23,25)/b14-8+,21-9?. The molecule has 1 heterocycles. The summed E-state index contributed by atoms with van der Waals surface area (Å²) in [5.41, 5.74) is 0.0743. The molecule has 1 N–H and O–H groups in total. The number of hydrogen-bond acceptors (Lipinski definition) is 7. The molecule has 0 atom stereocenters. The van der Waals surface area contributed by atoms with Crippen LogP contribution in [0.15, 0.2) is 33.3 Å². The normalized spacial score (nSPS) is 17.0. The van der Waals surface area contributed by atoms with Gasteiger partial charge in [-0.25, -0.2) is 13.6 Å². The molecule has 1 amide bonds. The van der Waals surface area contributed by atoms with Crippen molar-refractivity contribution < 1.29 is 27.8 Å². The van der Waals surface area contributed by atoms with Crippen LogP contribution in [-0.2, 0) is 14.3 Å². The van der Waals surface area contributed by atoms with Gasteiger partial charge in [-0.2, -0.15) is 5.10 Å². The van der Waals surface area contributed by atoms with E-state index in [0.29, 0.717) is 12.3 Å². The summed E-state index contributed by atoms with van der Waals surface area (Å²) in [5, 5.41) is 10.0. The number of carbonyl (C=O) groups is 2. The summed E-state index contributed by atoms with van der Waals surface area (Å²) in [6.45, 7) is 4.27. The molecule has 28 heavy (non-hydrogen) atoms. The Morgan fingerprint density at radius 2 is 2.11 bits per heavy atom. The summed E-state index contributed by atoms with van der Waals surface area (Å²) in [5.74, 6) is -2.60. The second-order valence-corrected chi connectivity index (χ2v) is 7.11. The molecule has 0 radical (unpaired) electrons. The van der Waals surface area contributed by atoms with Gasteiger partial charge in [0.1, 0.15) is 5.82 Å². The Balaban J connectivity index is 2.15. The first-order valence-electron chi connectivity index (χ1n) is 8.32. The van der Waals surface area contributed by atoms with Gasteiger partial charge in [0.2, 0.25) is 0 Å². The molecule has 1 aliphatic rings. The lowest BCUT2D eigenvalue weighted by atomic mass is 10.1. The number of hydrogen-bond donors (Lipinski definition) is 1. The Bertz CT molecular complexity index is 853. The zero-order chi connectivity index (χ0) is 20.7. The summed E-state index contributed by atoms with van der Waals surface area (Å²) in [6, 6.07) is 1.80. The minimum absolute atomic E-state index is 0.0743. The molecule has 0 unspecified atom stereocenters. The number of amides is 1. The number of halogens is 2. The Morgan fingerprint density at radius 1 is 1.36 bits per heavy atom. The summed E-state index contributed by atoms with van der Waals surface area (Å²) in [7, 11) is 1.19. The van der Waals surface area contributed by atoms with Crippen molar-refractivity contribution in [3.63, 3.8) is 0 Å².